The average Bonchev–Trinajstić information content (AvgIpc) is 3.49. The van der Waals surface area contributed by atoms with Crippen molar-refractivity contribution in [3.8, 4) is 17.2 Å². The lowest BCUT2D eigenvalue weighted by molar-refractivity contribution is 0.0640. The van der Waals surface area contributed by atoms with E-state index in [1.54, 1.807) is 30.3 Å². The Morgan fingerprint density at radius 1 is 1.13 bits per heavy atom. The minimum atomic E-state index is -0.533. The molecule has 1 saturated carbocycles. The molecule has 0 radical (unpaired) electrons. The molecule has 0 spiro atoms. The summed E-state index contributed by atoms with van der Waals surface area (Å²) in [7, 11) is 0. The van der Waals surface area contributed by atoms with Crippen LogP contribution in [0.4, 0.5) is 4.39 Å². The third-order valence-corrected chi connectivity index (χ3v) is 6.34. The van der Waals surface area contributed by atoms with E-state index in [4.69, 9.17) is 0 Å². The van der Waals surface area contributed by atoms with Crippen LogP contribution in [0.15, 0.2) is 58.6 Å². The minimum Gasteiger partial charge on any atom is -0.332 e. The molecule has 1 fully saturated rings. The Kier molecular flexibility index (Phi) is 4.71. The molecule has 150 valence electrons. The average molecular weight is 399 g/mol. The Morgan fingerprint density at radius 3 is 2.73 bits per heavy atom. The third kappa shape index (κ3) is 3.33. The van der Waals surface area contributed by atoms with Crippen molar-refractivity contribution in [1.82, 2.24) is 4.90 Å². The van der Waals surface area contributed by atoms with Crippen LogP contribution < -0.4 is 0 Å². The van der Waals surface area contributed by atoms with Gasteiger partial charge in [-0.1, -0.05) is 24.3 Å². The second kappa shape index (κ2) is 7.53. The van der Waals surface area contributed by atoms with Gasteiger partial charge in [-0.15, -0.1) is 0 Å². The molecule has 1 amide bonds. The van der Waals surface area contributed by atoms with Crippen LogP contribution in [0.2, 0.25) is 0 Å². The maximum absolute atomic E-state index is 15.1. The summed E-state index contributed by atoms with van der Waals surface area (Å²) < 4.78 is 15.1. The van der Waals surface area contributed by atoms with Gasteiger partial charge in [0.15, 0.2) is 0 Å². The highest BCUT2D eigenvalue weighted by Crippen LogP contribution is 2.38. The number of amides is 1. The van der Waals surface area contributed by atoms with E-state index < -0.39 is 5.82 Å². The van der Waals surface area contributed by atoms with Gasteiger partial charge in [0.25, 0.3) is 5.91 Å². The van der Waals surface area contributed by atoms with Gasteiger partial charge in [-0.2, -0.15) is 5.26 Å². The van der Waals surface area contributed by atoms with E-state index in [1.807, 2.05) is 17.2 Å². The number of nitrogens with zero attached hydrogens (tertiary/aromatic N) is 3. The van der Waals surface area contributed by atoms with Gasteiger partial charge in [0.05, 0.1) is 23.7 Å². The molecule has 1 heterocycles. The topological polar surface area (TPSA) is 56.5 Å². The zero-order valence-electron chi connectivity index (χ0n) is 16.6. The van der Waals surface area contributed by atoms with Crippen LogP contribution in [-0.4, -0.2) is 35.7 Å². The molecule has 5 heteroatoms. The highest BCUT2D eigenvalue weighted by Gasteiger charge is 2.40. The molecule has 2 aliphatic carbocycles. The molecule has 2 aromatic carbocycles. The maximum Gasteiger partial charge on any atom is 0.257 e. The normalized spacial score (nSPS) is 20.1. The van der Waals surface area contributed by atoms with Crippen molar-refractivity contribution in [3.63, 3.8) is 0 Å². The van der Waals surface area contributed by atoms with Crippen molar-refractivity contribution in [3.05, 3.63) is 70.6 Å². The Hall–Kier alpha value is -3.26. The molecule has 3 aliphatic rings. The van der Waals surface area contributed by atoms with E-state index in [2.05, 4.69) is 11.1 Å². The fourth-order valence-electron chi connectivity index (χ4n) is 4.64. The second-order valence-electron chi connectivity index (χ2n) is 8.29. The van der Waals surface area contributed by atoms with Crippen LogP contribution in [-0.2, 0) is 0 Å². The van der Waals surface area contributed by atoms with Crippen molar-refractivity contribution in [2.45, 2.75) is 44.2 Å². The highest BCUT2D eigenvalue weighted by molar-refractivity contribution is 5.96. The van der Waals surface area contributed by atoms with E-state index >= 15 is 4.39 Å². The van der Waals surface area contributed by atoms with Crippen molar-refractivity contribution < 1.29 is 9.18 Å². The fraction of sp³-hybridized carbons (Fsp3) is 0.320. The molecule has 1 atom stereocenters. The summed E-state index contributed by atoms with van der Waals surface area (Å²) >= 11 is 0. The van der Waals surface area contributed by atoms with Crippen molar-refractivity contribution in [2.75, 3.05) is 6.54 Å². The smallest absolute Gasteiger partial charge is 0.257 e. The Bertz CT molecular complexity index is 1120. The first-order valence-corrected chi connectivity index (χ1v) is 10.5. The number of rotatable bonds is 4. The number of halogens is 1. The lowest BCUT2D eigenvalue weighted by Crippen LogP contribution is -2.43. The third-order valence-electron chi connectivity index (χ3n) is 6.34. The first-order valence-electron chi connectivity index (χ1n) is 10.5. The van der Waals surface area contributed by atoms with Crippen LogP contribution in [0, 0.1) is 17.1 Å². The van der Waals surface area contributed by atoms with Gasteiger partial charge in [0.2, 0.25) is 0 Å². The number of carbonyl (C=O) groups excluding carboxylic acids is 1. The van der Waals surface area contributed by atoms with Gasteiger partial charge in [-0.05, 0) is 72.6 Å². The Labute approximate surface area is 175 Å². The van der Waals surface area contributed by atoms with Crippen molar-refractivity contribution in [1.29, 1.82) is 5.26 Å². The number of nitriles is 1. The number of hydrogen-bond acceptors (Lipinski definition) is 3. The molecule has 4 nitrogen and oxygen atoms in total. The highest BCUT2D eigenvalue weighted by atomic mass is 19.1. The van der Waals surface area contributed by atoms with Gasteiger partial charge in [0, 0.05) is 18.3 Å². The lowest BCUT2D eigenvalue weighted by atomic mass is 9.88. The van der Waals surface area contributed by atoms with Crippen molar-refractivity contribution in [2.24, 2.45) is 4.99 Å². The molecular formula is C25H22FN3O. The summed E-state index contributed by atoms with van der Waals surface area (Å²) in [6.45, 7) is 0.791. The quantitative estimate of drug-likeness (QED) is 0.734. The molecular weight excluding hydrogens is 377 g/mol. The summed E-state index contributed by atoms with van der Waals surface area (Å²) in [4.78, 5) is 19.7. The van der Waals surface area contributed by atoms with Gasteiger partial charge >= 0.3 is 0 Å². The first-order chi connectivity index (χ1) is 14.7. The summed E-state index contributed by atoms with van der Waals surface area (Å²) in [6.07, 6.45) is 6.60. The summed E-state index contributed by atoms with van der Waals surface area (Å²) in [5.74, 6) is -0.756. The van der Waals surface area contributed by atoms with Crippen LogP contribution in [0.25, 0.3) is 11.1 Å². The van der Waals surface area contributed by atoms with Crippen molar-refractivity contribution >= 4 is 12.1 Å². The number of aliphatic imine (C=N–C) groups is 1. The Morgan fingerprint density at radius 2 is 1.97 bits per heavy atom. The van der Waals surface area contributed by atoms with Crippen LogP contribution in [0.5, 0.6) is 0 Å². The summed E-state index contributed by atoms with van der Waals surface area (Å²) in [6, 6.07) is 14.2. The summed E-state index contributed by atoms with van der Waals surface area (Å²) in [5, 5.41) is 9.32. The Balaban J connectivity index is 1.43. The predicted octanol–water partition coefficient (Wildman–Crippen LogP) is 4.90. The van der Waals surface area contributed by atoms with E-state index in [-0.39, 0.29) is 23.6 Å². The van der Waals surface area contributed by atoms with Crippen LogP contribution >= 0.6 is 0 Å². The first kappa shape index (κ1) is 18.7. The molecule has 0 bridgehead atoms. The fourth-order valence-corrected chi connectivity index (χ4v) is 4.64. The molecule has 30 heavy (non-hydrogen) atoms. The van der Waals surface area contributed by atoms with E-state index in [1.165, 1.54) is 17.2 Å². The number of carbonyl (C=O) groups is 1. The van der Waals surface area contributed by atoms with Gasteiger partial charge < -0.3 is 4.90 Å². The van der Waals surface area contributed by atoms with Crippen LogP contribution in [0.3, 0.4) is 0 Å². The zero-order chi connectivity index (χ0) is 20.7. The predicted molar refractivity (Wildman–Crippen MR) is 114 cm³/mol. The molecule has 0 N–H and O–H groups in total. The number of benzene rings is 2. The van der Waals surface area contributed by atoms with E-state index in [9.17, 15) is 10.1 Å². The number of hydrogen-bond donors (Lipinski definition) is 0. The molecule has 2 aromatic rings. The zero-order valence-corrected chi connectivity index (χ0v) is 16.6. The molecule has 0 saturated heterocycles. The van der Waals surface area contributed by atoms with E-state index in [0.717, 1.165) is 38.6 Å². The van der Waals surface area contributed by atoms with E-state index in [0.29, 0.717) is 16.7 Å². The SMILES string of the molecule is N#Cc1ccccc1-c1ccc(C(=O)N(C2CC2)C2CCC3=C(C=NC3)C2)c(F)c1. The standard InChI is InChI=1S/C25H22FN3O/c26-24-12-16(22-4-2-1-3-17(22)13-27)6-10-23(24)25(30)29(20-8-9-20)21-7-5-18-14-28-15-19(18)11-21/h1-4,6,10,12,15,20-21H,5,7-9,11,14H2. The molecule has 0 aromatic heterocycles. The second-order valence-corrected chi connectivity index (χ2v) is 8.29. The van der Waals surface area contributed by atoms with Gasteiger partial charge in [-0.25, -0.2) is 4.39 Å². The maximum atomic E-state index is 15.1. The monoisotopic (exact) mass is 399 g/mol. The van der Waals surface area contributed by atoms with Crippen LogP contribution in [0.1, 0.15) is 48.0 Å². The minimum absolute atomic E-state index is 0.103. The molecule has 1 aliphatic heterocycles. The molecule has 5 rings (SSSR count). The lowest BCUT2D eigenvalue weighted by Gasteiger charge is -2.35. The van der Waals surface area contributed by atoms with Gasteiger partial charge in [0.1, 0.15) is 5.82 Å². The largest absolute Gasteiger partial charge is 0.332 e. The molecule has 1 unspecified atom stereocenters. The van der Waals surface area contributed by atoms with Gasteiger partial charge in [-0.3, -0.25) is 9.79 Å². The summed E-state index contributed by atoms with van der Waals surface area (Å²) in [5.41, 5.74) is 4.52.